The molecule has 0 unspecified atom stereocenters. The predicted octanol–water partition coefficient (Wildman–Crippen LogP) is 3.35. The average molecular weight is 327 g/mol. The fourth-order valence-corrected chi connectivity index (χ4v) is 2.58. The van der Waals surface area contributed by atoms with E-state index in [9.17, 15) is 9.59 Å². The molecule has 126 valence electrons. The lowest BCUT2D eigenvalue weighted by Gasteiger charge is -2.19. The molecule has 0 aliphatic rings. The van der Waals surface area contributed by atoms with Gasteiger partial charge in [-0.15, -0.1) is 0 Å². The summed E-state index contributed by atoms with van der Waals surface area (Å²) in [5.74, 6) is -0.656. The van der Waals surface area contributed by atoms with Crippen molar-refractivity contribution in [3.05, 3.63) is 58.7 Å². The van der Waals surface area contributed by atoms with E-state index in [2.05, 4.69) is 0 Å². The van der Waals surface area contributed by atoms with Crippen LogP contribution in [0.15, 0.2) is 36.4 Å². The summed E-state index contributed by atoms with van der Waals surface area (Å²) in [6.07, 6.45) is 0. The van der Waals surface area contributed by atoms with E-state index in [0.29, 0.717) is 11.3 Å². The third-order valence-electron chi connectivity index (χ3n) is 3.74. The Morgan fingerprint density at radius 2 is 1.71 bits per heavy atom. The van der Waals surface area contributed by atoms with Gasteiger partial charge in [0, 0.05) is 18.3 Å². The molecule has 0 fully saturated rings. The van der Waals surface area contributed by atoms with Crippen molar-refractivity contribution >= 4 is 17.6 Å². The lowest BCUT2D eigenvalue weighted by molar-refractivity contribution is -0.139. The zero-order valence-electron chi connectivity index (χ0n) is 14.3. The number of hydrogen-bond donors (Lipinski definition) is 1. The van der Waals surface area contributed by atoms with Gasteiger partial charge in [-0.1, -0.05) is 12.1 Å². The zero-order valence-corrected chi connectivity index (χ0v) is 14.3. The molecule has 0 saturated carbocycles. The Hall–Kier alpha value is -2.82. The molecule has 0 saturated heterocycles. The number of ether oxygens (including phenoxy) is 1. The van der Waals surface area contributed by atoms with Gasteiger partial charge in [-0.25, -0.2) is 4.79 Å². The van der Waals surface area contributed by atoms with Gasteiger partial charge in [0.25, 0.3) is 5.91 Å². The lowest BCUT2D eigenvalue weighted by Crippen LogP contribution is -2.26. The molecule has 5 heteroatoms. The van der Waals surface area contributed by atoms with Crippen LogP contribution in [0.4, 0.5) is 5.69 Å². The molecule has 0 atom stereocenters. The van der Waals surface area contributed by atoms with E-state index in [4.69, 9.17) is 9.84 Å². The van der Waals surface area contributed by atoms with Crippen molar-refractivity contribution in [1.82, 2.24) is 0 Å². The van der Waals surface area contributed by atoms with Crippen molar-refractivity contribution < 1.29 is 19.4 Å². The second-order valence-corrected chi connectivity index (χ2v) is 5.82. The Bertz CT molecular complexity index is 760. The molecular weight excluding hydrogens is 306 g/mol. The van der Waals surface area contributed by atoms with E-state index in [0.717, 1.165) is 22.4 Å². The van der Waals surface area contributed by atoms with Crippen LogP contribution in [0.2, 0.25) is 0 Å². The van der Waals surface area contributed by atoms with Gasteiger partial charge in [-0.05, 0) is 61.7 Å². The number of nitrogens with zero attached hydrogens (tertiary/aromatic N) is 1. The first-order chi connectivity index (χ1) is 11.3. The monoisotopic (exact) mass is 327 g/mol. The number of carbonyl (C=O) groups is 2. The minimum absolute atomic E-state index is 0.128. The molecule has 0 aliphatic carbocycles. The number of hydrogen-bond acceptors (Lipinski definition) is 3. The standard InChI is InChI=1S/C19H21NO4/c1-12-6-5-7-16(8-12)20(4)19(23)15-9-13(2)18(14(3)10-15)24-11-17(21)22/h5-10H,11H2,1-4H3,(H,21,22). The maximum Gasteiger partial charge on any atom is 0.341 e. The molecule has 2 aromatic carbocycles. The molecule has 5 nitrogen and oxygen atoms in total. The second kappa shape index (κ2) is 7.17. The lowest BCUT2D eigenvalue weighted by atomic mass is 10.0. The van der Waals surface area contributed by atoms with Crippen LogP contribution in [0.25, 0.3) is 0 Å². The van der Waals surface area contributed by atoms with E-state index in [1.807, 2.05) is 31.2 Å². The number of carbonyl (C=O) groups excluding carboxylic acids is 1. The van der Waals surface area contributed by atoms with Crippen molar-refractivity contribution in [3.63, 3.8) is 0 Å². The summed E-state index contributed by atoms with van der Waals surface area (Å²) in [6, 6.07) is 11.2. The summed E-state index contributed by atoms with van der Waals surface area (Å²) < 4.78 is 5.30. The first-order valence-electron chi connectivity index (χ1n) is 7.60. The van der Waals surface area contributed by atoms with Crippen LogP contribution in [0.1, 0.15) is 27.0 Å². The van der Waals surface area contributed by atoms with Crippen molar-refractivity contribution in [1.29, 1.82) is 0 Å². The molecule has 0 spiro atoms. The molecule has 0 radical (unpaired) electrons. The van der Waals surface area contributed by atoms with Crippen LogP contribution in [0.5, 0.6) is 5.75 Å². The molecule has 0 aliphatic heterocycles. The molecule has 24 heavy (non-hydrogen) atoms. The Balaban J connectivity index is 2.28. The van der Waals surface area contributed by atoms with Gasteiger partial charge in [-0.2, -0.15) is 0 Å². The van der Waals surface area contributed by atoms with E-state index in [-0.39, 0.29) is 5.91 Å². The number of amides is 1. The topological polar surface area (TPSA) is 66.8 Å². The summed E-state index contributed by atoms with van der Waals surface area (Å²) >= 11 is 0. The van der Waals surface area contributed by atoms with Crippen LogP contribution in [-0.4, -0.2) is 30.6 Å². The molecule has 2 rings (SSSR count). The van der Waals surface area contributed by atoms with Crippen LogP contribution >= 0.6 is 0 Å². The smallest absolute Gasteiger partial charge is 0.341 e. The molecule has 1 N–H and O–H groups in total. The Morgan fingerprint density at radius 3 is 2.25 bits per heavy atom. The van der Waals surface area contributed by atoms with Crippen LogP contribution < -0.4 is 9.64 Å². The number of aliphatic carboxylic acids is 1. The number of anilines is 1. The summed E-state index contributed by atoms with van der Waals surface area (Å²) in [4.78, 5) is 25.0. The first kappa shape index (κ1) is 17.5. The normalized spacial score (nSPS) is 10.3. The number of carboxylic acid groups (broad SMARTS) is 1. The number of carboxylic acids is 1. The SMILES string of the molecule is Cc1cccc(N(C)C(=O)c2cc(C)c(OCC(=O)O)c(C)c2)c1. The van der Waals surface area contributed by atoms with Crippen LogP contribution in [0, 0.1) is 20.8 Å². The van der Waals surface area contributed by atoms with Crippen molar-refractivity contribution in [2.24, 2.45) is 0 Å². The van der Waals surface area contributed by atoms with E-state index < -0.39 is 12.6 Å². The average Bonchev–Trinajstić information content (AvgIpc) is 2.52. The van der Waals surface area contributed by atoms with Crippen molar-refractivity contribution in [3.8, 4) is 5.75 Å². The minimum Gasteiger partial charge on any atom is -0.481 e. The van der Waals surface area contributed by atoms with E-state index in [1.54, 1.807) is 37.9 Å². The molecule has 0 heterocycles. The summed E-state index contributed by atoms with van der Waals surface area (Å²) in [5.41, 5.74) is 3.91. The number of rotatable bonds is 5. The van der Waals surface area contributed by atoms with Crippen LogP contribution in [0.3, 0.4) is 0 Å². The molecule has 0 bridgehead atoms. The largest absolute Gasteiger partial charge is 0.481 e. The highest BCUT2D eigenvalue weighted by Crippen LogP contribution is 2.26. The Kier molecular flexibility index (Phi) is 5.24. The van der Waals surface area contributed by atoms with Gasteiger partial charge in [-0.3, -0.25) is 4.79 Å². The quantitative estimate of drug-likeness (QED) is 0.914. The van der Waals surface area contributed by atoms with E-state index >= 15 is 0 Å². The third kappa shape index (κ3) is 3.93. The van der Waals surface area contributed by atoms with Crippen molar-refractivity contribution in [2.75, 3.05) is 18.6 Å². The van der Waals surface area contributed by atoms with E-state index in [1.165, 1.54) is 0 Å². The molecule has 1 amide bonds. The fourth-order valence-electron chi connectivity index (χ4n) is 2.58. The minimum atomic E-state index is -1.03. The summed E-state index contributed by atoms with van der Waals surface area (Å²) in [7, 11) is 1.73. The maximum atomic E-state index is 12.7. The fraction of sp³-hybridized carbons (Fsp3) is 0.263. The summed E-state index contributed by atoms with van der Waals surface area (Å²) in [5, 5.41) is 8.73. The van der Waals surface area contributed by atoms with Gasteiger partial charge >= 0.3 is 5.97 Å². The molecule has 0 aromatic heterocycles. The molecule has 2 aromatic rings. The van der Waals surface area contributed by atoms with Crippen LogP contribution in [-0.2, 0) is 4.79 Å². The maximum absolute atomic E-state index is 12.7. The number of aryl methyl sites for hydroxylation is 3. The van der Waals surface area contributed by atoms with Gasteiger partial charge in [0.05, 0.1) is 0 Å². The molecular formula is C19H21NO4. The zero-order chi connectivity index (χ0) is 17.9. The van der Waals surface area contributed by atoms with Gasteiger partial charge < -0.3 is 14.7 Å². The first-order valence-corrected chi connectivity index (χ1v) is 7.60. The highest BCUT2D eigenvalue weighted by atomic mass is 16.5. The van der Waals surface area contributed by atoms with Gasteiger partial charge in [0.15, 0.2) is 6.61 Å². The number of benzene rings is 2. The highest BCUT2D eigenvalue weighted by molar-refractivity contribution is 6.06. The predicted molar refractivity (Wildman–Crippen MR) is 93.0 cm³/mol. The Morgan fingerprint density at radius 1 is 1.08 bits per heavy atom. The van der Waals surface area contributed by atoms with Gasteiger partial charge in [0.1, 0.15) is 5.75 Å². The van der Waals surface area contributed by atoms with Crippen molar-refractivity contribution in [2.45, 2.75) is 20.8 Å². The third-order valence-corrected chi connectivity index (χ3v) is 3.74. The summed E-state index contributed by atoms with van der Waals surface area (Å²) in [6.45, 7) is 5.17. The van der Waals surface area contributed by atoms with Gasteiger partial charge in [0.2, 0.25) is 0 Å². The Labute approximate surface area is 141 Å². The second-order valence-electron chi connectivity index (χ2n) is 5.82. The highest BCUT2D eigenvalue weighted by Gasteiger charge is 2.17.